The van der Waals surface area contributed by atoms with Crippen LogP contribution in [0.1, 0.15) is 37.7 Å². The third-order valence-electron chi connectivity index (χ3n) is 5.22. The molecule has 3 aromatic heterocycles. The topological polar surface area (TPSA) is 96.3 Å². The molecule has 0 radical (unpaired) electrons. The Morgan fingerprint density at radius 2 is 2.15 bits per heavy atom. The summed E-state index contributed by atoms with van der Waals surface area (Å²) in [6, 6.07) is 8.75. The number of fused-ring (bicyclic) bond motifs is 2. The number of H-pyrrole nitrogens is 1. The predicted octanol–water partition coefficient (Wildman–Crippen LogP) is 2.80. The molecule has 27 heavy (non-hydrogen) atoms. The minimum absolute atomic E-state index is 0.0132. The van der Waals surface area contributed by atoms with Crippen LogP contribution in [0.4, 0.5) is 5.82 Å². The van der Waals surface area contributed by atoms with Crippen molar-refractivity contribution >= 4 is 28.0 Å². The molecule has 8 nitrogen and oxygen atoms in total. The van der Waals surface area contributed by atoms with Crippen molar-refractivity contribution < 1.29 is 0 Å². The van der Waals surface area contributed by atoms with E-state index < -0.39 is 0 Å². The molecular formula is C19H22N8. The van der Waals surface area contributed by atoms with Crippen molar-refractivity contribution in [1.29, 1.82) is 0 Å². The van der Waals surface area contributed by atoms with Crippen molar-refractivity contribution in [1.82, 2.24) is 34.8 Å². The zero-order valence-electron chi connectivity index (χ0n) is 15.2. The van der Waals surface area contributed by atoms with Crippen molar-refractivity contribution in [3.63, 3.8) is 0 Å². The van der Waals surface area contributed by atoms with Crippen molar-refractivity contribution in [2.45, 2.75) is 31.8 Å². The molecule has 0 amide bonds. The Labute approximate surface area is 156 Å². The zero-order chi connectivity index (χ0) is 18.2. The first kappa shape index (κ1) is 16.2. The summed E-state index contributed by atoms with van der Waals surface area (Å²) in [6.45, 7) is 4.18. The van der Waals surface area contributed by atoms with E-state index in [0.717, 1.165) is 42.2 Å². The maximum Gasteiger partial charge on any atom is 0.182 e. The molecule has 1 fully saturated rings. The van der Waals surface area contributed by atoms with Gasteiger partial charge in [0, 0.05) is 12.6 Å². The van der Waals surface area contributed by atoms with Crippen molar-refractivity contribution in [2.24, 2.45) is 0 Å². The summed E-state index contributed by atoms with van der Waals surface area (Å²) in [6.07, 6.45) is 5.51. The molecule has 1 aliphatic rings. The molecule has 1 aliphatic heterocycles. The van der Waals surface area contributed by atoms with Crippen LogP contribution in [0.5, 0.6) is 0 Å². The lowest BCUT2D eigenvalue weighted by molar-refractivity contribution is 0.367. The van der Waals surface area contributed by atoms with Gasteiger partial charge in [-0.3, -0.25) is 0 Å². The number of hydrogen-bond acceptors (Lipinski definition) is 6. The zero-order valence-corrected chi connectivity index (χ0v) is 15.2. The van der Waals surface area contributed by atoms with Gasteiger partial charge in [-0.25, -0.2) is 19.9 Å². The van der Waals surface area contributed by atoms with Gasteiger partial charge in [0.05, 0.1) is 23.4 Å². The highest BCUT2D eigenvalue weighted by molar-refractivity contribution is 5.82. The fourth-order valence-corrected chi connectivity index (χ4v) is 3.95. The van der Waals surface area contributed by atoms with Gasteiger partial charge >= 0.3 is 0 Å². The first-order valence-corrected chi connectivity index (χ1v) is 9.39. The second kappa shape index (κ2) is 6.62. The van der Waals surface area contributed by atoms with E-state index in [1.807, 2.05) is 6.07 Å². The summed E-state index contributed by atoms with van der Waals surface area (Å²) in [5, 5.41) is 7.02. The Bertz CT molecular complexity index is 1080. The van der Waals surface area contributed by atoms with Gasteiger partial charge in [-0.2, -0.15) is 0 Å². The van der Waals surface area contributed by atoms with E-state index in [9.17, 15) is 0 Å². The predicted molar refractivity (Wildman–Crippen MR) is 105 cm³/mol. The lowest BCUT2D eigenvalue weighted by Crippen LogP contribution is -2.33. The quantitative estimate of drug-likeness (QED) is 0.517. The normalized spacial score (nSPS) is 18.8. The number of aromatic nitrogens is 6. The van der Waals surface area contributed by atoms with Crippen LogP contribution in [-0.2, 0) is 0 Å². The molecule has 4 heterocycles. The summed E-state index contributed by atoms with van der Waals surface area (Å²) in [5.74, 6) is 1.77. The highest BCUT2D eigenvalue weighted by atomic mass is 15.2. The number of imidazole rings is 2. The van der Waals surface area contributed by atoms with E-state index in [2.05, 4.69) is 60.3 Å². The van der Waals surface area contributed by atoms with Crippen molar-refractivity contribution in [3.8, 4) is 0 Å². The molecule has 5 rings (SSSR count). The standard InChI is InChI=1S/C19H22N8/c1-12(25-18-16-17(22-10-21-16)23-11-24-18)19-26-14-6-2-3-7-15(14)27(19)13-5-4-8-20-9-13/h2-3,6-7,10-13,20H,4-5,8-9H2,1H3,(H2,21,22,23,24,25). The molecular weight excluding hydrogens is 340 g/mol. The molecule has 2 atom stereocenters. The Morgan fingerprint density at radius 1 is 1.22 bits per heavy atom. The Balaban J connectivity index is 1.56. The number of rotatable bonds is 4. The van der Waals surface area contributed by atoms with Crippen molar-refractivity contribution in [2.75, 3.05) is 18.4 Å². The van der Waals surface area contributed by atoms with Gasteiger partial charge in [0.15, 0.2) is 11.5 Å². The van der Waals surface area contributed by atoms with Crippen LogP contribution in [0, 0.1) is 0 Å². The number of benzene rings is 1. The van der Waals surface area contributed by atoms with E-state index in [0.29, 0.717) is 11.7 Å². The Kier molecular flexibility index (Phi) is 3.97. The first-order valence-electron chi connectivity index (χ1n) is 9.39. The second-order valence-electron chi connectivity index (χ2n) is 7.02. The number of nitrogens with zero attached hydrogens (tertiary/aromatic N) is 5. The SMILES string of the molecule is CC(Nc1ncnc2nc[nH]c12)c1nc2ccccc2n1C1CCCNC1. The van der Waals surface area contributed by atoms with Gasteiger partial charge in [-0.15, -0.1) is 0 Å². The van der Waals surface area contributed by atoms with Crippen LogP contribution < -0.4 is 10.6 Å². The maximum absolute atomic E-state index is 4.96. The molecule has 4 aromatic rings. The lowest BCUT2D eigenvalue weighted by atomic mass is 10.1. The van der Waals surface area contributed by atoms with Crippen LogP contribution in [0.15, 0.2) is 36.9 Å². The third-order valence-corrected chi connectivity index (χ3v) is 5.22. The van der Waals surface area contributed by atoms with Crippen LogP contribution in [-0.4, -0.2) is 42.6 Å². The monoisotopic (exact) mass is 362 g/mol. The fraction of sp³-hybridized carbons (Fsp3) is 0.368. The number of piperidine rings is 1. The van der Waals surface area contributed by atoms with Gasteiger partial charge in [0.2, 0.25) is 0 Å². The molecule has 0 spiro atoms. The highest BCUT2D eigenvalue weighted by Gasteiger charge is 2.24. The Morgan fingerprint density at radius 3 is 3.04 bits per heavy atom. The van der Waals surface area contributed by atoms with Gasteiger partial charge < -0.3 is 20.2 Å². The Hall–Kier alpha value is -3.00. The van der Waals surface area contributed by atoms with E-state index >= 15 is 0 Å². The van der Waals surface area contributed by atoms with Crippen LogP contribution >= 0.6 is 0 Å². The van der Waals surface area contributed by atoms with E-state index in [1.165, 1.54) is 18.3 Å². The average molecular weight is 362 g/mol. The summed E-state index contributed by atoms with van der Waals surface area (Å²) < 4.78 is 2.39. The molecule has 1 saturated heterocycles. The second-order valence-corrected chi connectivity index (χ2v) is 7.02. The number of aromatic amines is 1. The van der Waals surface area contributed by atoms with Crippen molar-refractivity contribution in [3.05, 3.63) is 42.7 Å². The van der Waals surface area contributed by atoms with Crippen LogP contribution in [0.3, 0.4) is 0 Å². The molecule has 138 valence electrons. The van der Waals surface area contributed by atoms with Gasteiger partial charge in [0.1, 0.15) is 17.7 Å². The highest BCUT2D eigenvalue weighted by Crippen LogP contribution is 2.30. The smallest absolute Gasteiger partial charge is 0.182 e. The molecule has 0 bridgehead atoms. The van der Waals surface area contributed by atoms with Gasteiger partial charge in [0.25, 0.3) is 0 Å². The number of para-hydroxylation sites is 2. The van der Waals surface area contributed by atoms with Crippen LogP contribution in [0.25, 0.3) is 22.2 Å². The first-order chi connectivity index (χ1) is 13.3. The number of anilines is 1. The van der Waals surface area contributed by atoms with Crippen LogP contribution in [0.2, 0.25) is 0 Å². The fourth-order valence-electron chi connectivity index (χ4n) is 3.95. The summed E-state index contributed by atoms with van der Waals surface area (Å²) >= 11 is 0. The number of nitrogens with one attached hydrogen (secondary N) is 3. The average Bonchev–Trinajstić information content (AvgIpc) is 3.34. The molecule has 0 aliphatic carbocycles. The summed E-state index contributed by atoms with van der Waals surface area (Å²) in [4.78, 5) is 20.9. The molecule has 3 N–H and O–H groups in total. The van der Waals surface area contributed by atoms with Gasteiger partial charge in [-0.05, 0) is 38.4 Å². The van der Waals surface area contributed by atoms with E-state index in [4.69, 9.17) is 4.98 Å². The molecule has 0 saturated carbocycles. The summed E-state index contributed by atoms with van der Waals surface area (Å²) in [7, 11) is 0. The maximum atomic E-state index is 4.96. The van der Waals surface area contributed by atoms with E-state index in [1.54, 1.807) is 6.33 Å². The van der Waals surface area contributed by atoms with Gasteiger partial charge in [-0.1, -0.05) is 12.1 Å². The number of hydrogen-bond donors (Lipinski definition) is 3. The minimum atomic E-state index is -0.0132. The minimum Gasteiger partial charge on any atom is -0.358 e. The lowest BCUT2D eigenvalue weighted by Gasteiger charge is -2.28. The molecule has 1 aromatic carbocycles. The summed E-state index contributed by atoms with van der Waals surface area (Å²) in [5.41, 5.74) is 3.68. The largest absolute Gasteiger partial charge is 0.358 e. The molecule has 8 heteroatoms. The molecule has 2 unspecified atom stereocenters. The van der Waals surface area contributed by atoms with E-state index in [-0.39, 0.29) is 6.04 Å². The third kappa shape index (κ3) is 2.82.